The van der Waals surface area contributed by atoms with Crippen molar-refractivity contribution in [2.45, 2.75) is 6.92 Å². The number of halogens is 2. The van der Waals surface area contributed by atoms with E-state index < -0.39 is 0 Å². The number of nitrogens with zero attached hydrogens (tertiary/aromatic N) is 1. The Hall–Kier alpha value is -1.71. The minimum absolute atomic E-state index is 0.134. The summed E-state index contributed by atoms with van der Waals surface area (Å²) in [4.78, 5) is 14.1. The molecule has 0 atom stereocenters. The van der Waals surface area contributed by atoms with E-state index in [9.17, 15) is 4.79 Å². The fraction of sp³-hybridized carbons (Fsp3) is 0.188. The molecule has 1 amide bonds. The van der Waals surface area contributed by atoms with Crippen LogP contribution in [0, 0.1) is 0 Å². The van der Waals surface area contributed by atoms with Crippen LogP contribution in [0.4, 0.5) is 11.4 Å². The minimum atomic E-state index is -0.134. The molecule has 21 heavy (non-hydrogen) atoms. The quantitative estimate of drug-likeness (QED) is 0.881. The minimum Gasteiger partial charge on any atom is -0.362 e. The fourth-order valence-corrected chi connectivity index (χ4v) is 2.34. The van der Waals surface area contributed by atoms with Gasteiger partial charge in [0.2, 0.25) is 5.91 Å². The zero-order valence-corrected chi connectivity index (χ0v) is 13.2. The Morgan fingerprint density at radius 3 is 2.48 bits per heavy atom. The van der Waals surface area contributed by atoms with Gasteiger partial charge in [-0.3, -0.25) is 4.79 Å². The highest BCUT2D eigenvalue weighted by Crippen LogP contribution is 2.29. The Balaban J connectivity index is 2.05. The van der Waals surface area contributed by atoms with Crippen molar-refractivity contribution in [2.24, 2.45) is 0 Å². The molecular weight excluding hydrogens is 307 g/mol. The van der Waals surface area contributed by atoms with Gasteiger partial charge >= 0.3 is 0 Å². The number of benzene rings is 2. The molecule has 110 valence electrons. The van der Waals surface area contributed by atoms with Crippen LogP contribution in [0.5, 0.6) is 0 Å². The van der Waals surface area contributed by atoms with Gasteiger partial charge in [0.1, 0.15) is 0 Å². The van der Waals surface area contributed by atoms with Gasteiger partial charge in [0.05, 0.1) is 22.3 Å². The summed E-state index contributed by atoms with van der Waals surface area (Å²) in [5.74, 6) is -0.134. The lowest BCUT2D eigenvalue weighted by Gasteiger charge is -2.22. The van der Waals surface area contributed by atoms with Crippen molar-refractivity contribution in [1.29, 1.82) is 0 Å². The summed E-state index contributed by atoms with van der Waals surface area (Å²) in [6.45, 7) is 3.00. The van der Waals surface area contributed by atoms with Gasteiger partial charge in [-0.05, 0) is 31.2 Å². The molecule has 3 nitrogen and oxygen atoms in total. The molecule has 0 unspecified atom stereocenters. The molecule has 5 heteroatoms. The summed E-state index contributed by atoms with van der Waals surface area (Å²) in [5, 5.41) is 3.57. The van der Waals surface area contributed by atoms with Gasteiger partial charge in [-0.25, -0.2) is 0 Å². The fourth-order valence-electron chi connectivity index (χ4n) is 1.99. The van der Waals surface area contributed by atoms with Crippen LogP contribution < -0.4 is 10.2 Å². The summed E-state index contributed by atoms with van der Waals surface area (Å²) in [6, 6.07) is 15.0. The number of nitrogens with one attached hydrogen (secondary N) is 1. The number of carbonyl (C=O) groups excluding carboxylic acids is 1. The van der Waals surface area contributed by atoms with Crippen molar-refractivity contribution in [3.8, 4) is 0 Å². The molecule has 0 heterocycles. The summed E-state index contributed by atoms with van der Waals surface area (Å²) in [7, 11) is 0. The summed E-state index contributed by atoms with van der Waals surface area (Å²) < 4.78 is 0. The molecule has 0 aromatic heterocycles. The molecular formula is C16H16Cl2N2O. The molecule has 0 aliphatic heterocycles. The van der Waals surface area contributed by atoms with E-state index in [0.717, 1.165) is 12.2 Å². The number of likely N-dealkylation sites (N-methyl/N-ethyl adjacent to an activating group) is 1. The van der Waals surface area contributed by atoms with E-state index in [4.69, 9.17) is 23.2 Å². The Kier molecular flexibility index (Phi) is 5.48. The first kappa shape index (κ1) is 15.7. The van der Waals surface area contributed by atoms with Gasteiger partial charge in [0, 0.05) is 12.2 Å². The normalized spacial score (nSPS) is 10.2. The first-order valence-electron chi connectivity index (χ1n) is 6.65. The van der Waals surface area contributed by atoms with Crippen LogP contribution in [0.1, 0.15) is 6.92 Å². The van der Waals surface area contributed by atoms with Crippen LogP contribution in [0.2, 0.25) is 10.0 Å². The van der Waals surface area contributed by atoms with Gasteiger partial charge < -0.3 is 10.2 Å². The zero-order chi connectivity index (χ0) is 15.2. The molecule has 0 spiro atoms. The largest absolute Gasteiger partial charge is 0.362 e. The number of hydrogen-bond donors (Lipinski definition) is 1. The summed E-state index contributed by atoms with van der Waals surface area (Å²) in [6.07, 6.45) is 0. The number of carbonyl (C=O) groups is 1. The van der Waals surface area contributed by atoms with Crippen molar-refractivity contribution >= 4 is 40.5 Å². The molecule has 0 radical (unpaired) electrons. The molecule has 0 saturated carbocycles. The lowest BCUT2D eigenvalue weighted by molar-refractivity contribution is -0.115. The van der Waals surface area contributed by atoms with Crippen molar-refractivity contribution in [1.82, 2.24) is 0 Å². The van der Waals surface area contributed by atoms with Gasteiger partial charge in [0.25, 0.3) is 0 Å². The topological polar surface area (TPSA) is 32.3 Å². The Bertz CT molecular complexity index is 617. The zero-order valence-electron chi connectivity index (χ0n) is 11.6. The van der Waals surface area contributed by atoms with E-state index in [1.165, 1.54) is 0 Å². The van der Waals surface area contributed by atoms with Gasteiger partial charge in [-0.2, -0.15) is 0 Å². The maximum atomic E-state index is 12.2. The van der Waals surface area contributed by atoms with Crippen LogP contribution in [0.15, 0.2) is 48.5 Å². The van der Waals surface area contributed by atoms with E-state index in [2.05, 4.69) is 5.32 Å². The summed E-state index contributed by atoms with van der Waals surface area (Å²) in [5.41, 5.74) is 1.53. The van der Waals surface area contributed by atoms with E-state index in [1.54, 1.807) is 18.2 Å². The van der Waals surface area contributed by atoms with Crippen molar-refractivity contribution in [3.05, 3.63) is 58.6 Å². The molecule has 2 rings (SSSR count). The Morgan fingerprint density at radius 2 is 1.81 bits per heavy atom. The van der Waals surface area contributed by atoms with E-state index in [1.807, 2.05) is 42.2 Å². The molecule has 0 fully saturated rings. The second kappa shape index (κ2) is 7.34. The first-order chi connectivity index (χ1) is 10.1. The molecule has 0 saturated heterocycles. The lowest BCUT2D eigenvalue weighted by Crippen LogP contribution is -2.33. The van der Waals surface area contributed by atoms with Crippen molar-refractivity contribution in [2.75, 3.05) is 23.3 Å². The third-order valence-corrected chi connectivity index (χ3v) is 3.88. The SMILES string of the molecule is CCN(CC(=O)Nc1cccc(Cl)c1Cl)c1ccccc1. The van der Waals surface area contributed by atoms with Gasteiger partial charge in [-0.15, -0.1) is 0 Å². The molecule has 0 bridgehead atoms. The van der Waals surface area contributed by atoms with E-state index in [-0.39, 0.29) is 12.5 Å². The van der Waals surface area contributed by atoms with Crippen LogP contribution in [0.3, 0.4) is 0 Å². The smallest absolute Gasteiger partial charge is 0.243 e. The maximum absolute atomic E-state index is 12.2. The monoisotopic (exact) mass is 322 g/mol. The molecule has 1 N–H and O–H groups in total. The van der Waals surface area contributed by atoms with Crippen LogP contribution >= 0.6 is 23.2 Å². The second-order valence-electron chi connectivity index (χ2n) is 4.50. The van der Waals surface area contributed by atoms with Crippen LogP contribution in [0.25, 0.3) is 0 Å². The summed E-state index contributed by atoms with van der Waals surface area (Å²) >= 11 is 12.0. The first-order valence-corrected chi connectivity index (χ1v) is 7.41. The average Bonchev–Trinajstić information content (AvgIpc) is 2.50. The molecule has 0 aliphatic rings. The standard InChI is InChI=1S/C16H16Cl2N2O/c1-2-20(12-7-4-3-5-8-12)11-15(21)19-14-10-6-9-13(17)16(14)18/h3-10H,2,11H2,1H3,(H,19,21). The number of hydrogen-bond acceptors (Lipinski definition) is 2. The van der Waals surface area contributed by atoms with Gasteiger partial charge in [-0.1, -0.05) is 47.5 Å². The predicted molar refractivity (Wildman–Crippen MR) is 89.4 cm³/mol. The highest BCUT2D eigenvalue weighted by molar-refractivity contribution is 6.44. The van der Waals surface area contributed by atoms with Crippen molar-refractivity contribution < 1.29 is 4.79 Å². The third kappa shape index (κ3) is 4.13. The Morgan fingerprint density at radius 1 is 1.10 bits per heavy atom. The third-order valence-electron chi connectivity index (χ3n) is 3.06. The average molecular weight is 323 g/mol. The van der Waals surface area contributed by atoms with E-state index in [0.29, 0.717) is 15.7 Å². The highest BCUT2D eigenvalue weighted by Gasteiger charge is 2.12. The number of anilines is 2. The second-order valence-corrected chi connectivity index (χ2v) is 5.28. The van der Waals surface area contributed by atoms with Crippen LogP contribution in [-0.2, 0) is 4.79 Å². The number of para-hydroxylation sites is 1. The number of amides is 1. The molecule has 2 aromatic carbocycles. The van der Waals surface area contributed by atoms with Crippen LogP contribution in [-0.4, -0.2) is 19.0 Å². The number of rotatable bonds is 5. The Labute approximate surface area is 134 Å². The lowest BCUT2D eigenvalue weighted by atomic mass is 10.2. The highest BCUT2D eigenvalue weighted by atomic mass is 35.5. The predicted octanol–water partition coefficient (Wildman–Crippen LogP) is 4.46. The molecule has 0 aliphatic carbocycles. The van der Waals surface area contributed by atoms with Crippen molar-refractivity contribution in [3.63, 3.8) is 0 Å². The van der Waals surface area contributed by atoms with Gasteiger partial charge in [0.15, 0.2) is 0 Å². The molecule has 2 aromatic rings. The maximum Gasteiger partial charge on any atom is 0.243 e. The van der Waals surface area contributed by atoms with E-state index >= 15 is 0 Å².